The highest BCUT2D eigenvalue weighted by molar-refractivity contribution is 5.79. The standard InChI is InChI=1S/C8H4F2O2/c9-5-1-2-6(10)8-4(5)3-7(11)12-8/h1-3,11H. The highest BCUT2D eigenvalue weighted by Crippen LogP contribution is 2.27. The predicted octanol–water partition coefficient (Wildman–Crippen LogP) is 2.42. The lowest BCUT2D eigenvalue weighted by molar-refractivity contribution is 0.342. The van der Waals surface area contributed by atoms with Crippen molar-refractivity contribution in [1.82, 2.24) is 0 Å². The van der Waals surface area contributed by atoms with Crippen LogP contribution in [0.3, 0.4) is 0 Å². The van der Waals surface area contributed by atoms with Gasteiger partial charge in [0, 0.05) is 6.07 Å². The van der Waals surface area contributed by atoms with E-state index in [1.165, 1.54) is 0 Å². The Morgan fingerprint density at radius 1 is 1.17 bits per heavy atom. The first-order valence-corrected chi connectivity index (χ1v) is 3.25. The zero-order valence-electron chi connectivity index (χ0n) is 5.84. The van der Waals surface area contributed by atoms with Crippen LogP contribution >= 0.6 is 0 Å². The summed E-state index contributed by atoms with van der Waals surface area (Å²) in [5.74, 6) is -1.80. The fourth-order valence-corrected chi connectivity index (χ4v) is 1.04. The summed E-state index contributed by atoms with van der Waals surface area (Å²) in [6, 6.07) is 2.96. The van der Waals surface area contributed by atoms with E-state index < -0.39 is 17.6 Å². The maximum absolute atomic E-state index is 12.8. The lowest BCUT2D eigenvalue weighted by Crippen LogP contribution is -1.78. The first-order valence-electron chi connectivity index (χ1n) is 3.25. The Kier molecular flexibility index (Phi) is 1.30. The Balaban J connectivity index is 2.93. The van der Waals surface area contributed by atoms with Crippen molar-refractivity contribution in [2.24, 2.45) is 0 Å². The fourth-order valence-electron chi connectivity index (χ4n) is 1.04. The summed E-state index contributed by atoms with van der Waals surface area (Å²) >= 11 is 0. The van der Waals surface area contributed by atoms with Gasteiger partial charge < -0.3 is 9.52 Å². The van der Waals surface area contributed by atoms with Gasteiger partial charge in [-0.3, -0.25) is 0 Å². The molecule has 4 heteroatoms. The molecule has 0 saturated heterocycles. The molecule has 1 aromatic carbocycles. The molecule has 12 heavy (non-hydrogen) atoms. The van der Waals surface area contributed by atoms with Crippen LogP contribution in [0.15, 0.2) is 22.6 Å². The van der Waals surface area contributed by atoms with Gasteiger partial charge in [0.1, 0.15) is 5.82 Å². The van der Waals surface area contributed by atoms with Gasteiger partial charge >= 0.3 is 0 Å². The van der Waals surface area contributed by atoms with Crippen LogP contribution in [-0.4, -0.2) is 5.11 Å². The van der Waals surface area contributed by atoms with Crippen LogP contribution in [0.5, 0.6) is 5.95 Å². The SMILES string of the molecule is Oc1cc2c(F)ccc(F)c2o1. The van der Waals surface area contributed by atoms with Crippen molar-refractivity contribution in [3.05, 3.63) is 29.8 Å². The van der Waals surface area contributed by atoms with Crippen LogP contribution in [0.2, 0.25) is 0 Å². The molecule has 0 fully saturated rings. The molecule has 0 atom stereocenters. The maximum Gasteiger partial charge on any atom is 0.283 e. The molecule has 0 aliphatic heterocycles. The van der Waals surface area contributed by atoms with Crippen LogP contribution in [0, 0.1) is 11.6 Å². The molecule has 2 rings (SSSR count). The first kappa shape index (κ1) is 7.09. The second-order valence-corrected chi connectivity index (χ2v) is 2.36. The minimum atomic E-state index is -0.688. The molecule has 0 spiro atoms. The van der Waals surface area contributed by atoms with Crippen LogP contribution in [0.4, 0.5) is 8.78 Å². The number of rotatable bonds is 0. The number of aromatic hydroxyl groups is 1. The monoisotopic (exact) mass is 170 g/mol. The molecule has 62 valence electrons. The van der Waals surface area contributed by atoms with E-state index in [1.807, 2.05) is 0 Å². The van der Waals surface area contributed by atoms with Gasteiger partial charge in [0.05, 0.1) is 5.39 Å². The van der Waals surface area contributed by atoms with Crippen LogP contribution in [-0.2, 0) is 0 Å². The van der Waals surface area contributed by atoms with Crippen LogP contribution in [0.1, 0.15) is 0 Å². The molecular weight excluding hydrogens is 166 g/mol. The molecule has 1 aromatic heterocycles. The fraction of sp³-hybridized carbons (Fsp3) is 0. The lowest BCUT2D eigenvalue weighted by atomic mass is 10.2. The third kappa shape index (κ3) is 0.845. The quantitative estimate of drug-likeness (QED) is 0.658. The third-order valence-corrected chi connectivity index (χ3v) is 1.57. The number of hydrogen-bond acceptors (Lipinski definition) is 2. The Morgan fingerprint density at radius 3 is 2.50 bits per heavy atom. The summed E-state index contributed by atoms with van der Waals surface area (Å²) in [5.41, 5.74) is -0.257. The maximum atomic E-state index is 12.8. The van der Waals surface area contributed by atoms with Gasteiger partial charge in [-0.05, 0) is 12.1 Å². The van der Waals surface area contributed by atoms with Crippen molar-refractivity contribution >= 4 is 11.0 Å². The molecular formula is C8H4F2O2. The number of fused-ring (bicyclic) bond motifs is 1. The topological polar surface area (TPSA) is 33.4 Å². The minimum Gasteiger partial charge on any atom is -0.481 e. The smallest absolute Gasteiger partial charge is 0.283 e. The highest BCUT2D eigenvalue weighted by Gasteiger charge is 2.11. The number of furan rings is 1. The molecule has 1 N–H and O–H groups in total. The second kappa shape index (κ2) is 2.20. The van der Waals surface area contributed by atoms with Crippen LogP contribution < -0.4 is 0 Å². The van der Waals surface area contributed by atoms with E-state index in [0.29, 0.717) is 0 Å². The molecule has 0 bridgehead atoms. The van der Waals surface area contributed by atoms with Gasteiger partial charge in [-0.1, -0.05) is 0 Å². The average Bonchev–Trinajstić information content (AvgIpc) is 2.41. The Hall–Kier alpha value is -1.58. The Morgan fingerprint density at radius 2 is 1.83 bits per heavy atom. The number of hydrogen-bond donors (Lipinski definition) is 1. The van der Waals surface area contributed by atoms with E-state index in [9.17, 15) is 8.78 Å². The summed E-state index contributed by atoms with van der Waals surface area (Å²) in [4.78, 5) is 0. The summed E-state index contributed by atoms with van der Waals surface area (Å²) in [6.45, 7) is 0. The van der Waals surface area contributed by atoms with Gasteiger partial charge in [-0.2, -0.15) is 0 Å². The highest BCUT2D eigenvalue weighted by atomic mass is 19.1. The van der Waals surface area contributed by atoms with E-state index in [-0.39, 0.29) is 11.0 Å². The van der Waals surface area contributed by atoms with Crippen molar-refractivity contribution in [3.8, 4) is 5.95 Å². The Bertz CT molecular complexity index is 395. The molecule has 2 nitrogen and oxygen atoms in total. The van der Waals surface area contributed by atoms with Gasteiger partial charge in [0.25, 0.3) is 5.95 Å². The van der Waals surface area contributed by atoms with Crippen molar-refractivity contribution in [1.29, 1.82) is 0 Å². The molecule has 0 aliphatic carbocycles. The van der Waals surface area contributed by atoms with E-state index >= 15 is 0 Å². The van der Waals surface area contributed by atoms with Gasteiger partial charge in [-0.15, -0.1) is 0 Å². The van der Waals surface area contributed by atoms with E-state index in [2.05, 4.69) is 4.42 Å². The third-order valence-electron chi connectivity index (χ3n) is 1.57. The normalized spacial score (nSPS) is 10.8. The minimum absolute atomic E-state index is 0.0486. The summed E-state index contributed by atoms with van der Waals surface area (Å²) in [5, 5.41) is 8.76. The lowest BCUT2D eigenvalue weighted by Gasteiger charge is -1.90. The van der Waals surface area contributed by atoms with Gasteiger partial charge in [-0.25, -0.2) is 8.78 Å². The number of halogens is 2. The largest absolute Gasteiger partial charge is 0.481 e. The molecule has 1 heterocycles. The van der Waals surface area contributed by atoms with Gasteiger partial charge in [0.2, 0.25) is 0 Å². The summed E-state index contributed by atoms with van der Waals surface area (Å²) in [7, 11) is 0. The van der Waals surface area contributed by atoms with Gasteiger partial charge in [0.15, 0.2) is 11.4 Å². The predicted molar refractivity (Wildman–Crippen MR) is 37.8 cm³/mol. The molecule has 0 amide bonds. The first-order chi connectivity index (χ1) is 5.68. The van der Waals surface area contributed by atoms with Crippen LogP contribution in [0.25, 0.3) is 11.0 Å². The zero-order chi connectivity index (χ0) is 8.72. The van der Waals surface area contributed by atoms with E-state index in [1.54, 1.807) is 0 Å². The molecule has 0 radical (unpaired) electrons. The summed E-state index contributed by atoms with van der Waals surface area (Å²) < 4.78 is 30.2. The van der Waals surface area contributed by atoms with Crippen molar-refractivity contribution in [2.75, 3.05) is 0 Å². The molecule has 0 aliphatic rings. The van der Waals surface area contributed by atoms with Crippen molar-refractivity contribution in [3.63, 3.8) is 0 Å². The van der Waals surface area contributed by atoms with E-state index in [0.717, 1.165) is 18.2 Å². The van der Waals surface area contributed by atoms with Crippen molar-refractivity contribution in [2.45, 2.75) is 0 Å². The van der Waals surface area contributed by atoms with Crippen molar-refractivity contribution < 1.29 is 18.3 Å². The summed E-state index contributed by atoms with van der Waals surface area (Å²) in [6.07, 6.45) is 0. The second-order valence-electron chi connectivity index (χ2n) is 2.36. The molecule has 0 unspecified atom stereocenters. The molecule has 0 saturated carbocycles. The number of benzene rings is 1. The molecule has 2 aromatic rings. The van der Waals surface area contributed by atoms with E-state index in [4.69, 9.17) is 5.11 Å². The average molecular weight is 170 g/mol. The Labute approximate surface area is 66.0 Å². The zero-order valence-corrected chi connectivity index (χ0v) is 5.84.